The third-order valence-corrected chi connectivity index (χ3v) is 3.72. The minimum absolute atomic E-state index is 0.278. The smallest absolute Gasteiger partial charge is 0.325 e. The zero-order valence-electron chi connectivity index (χ0n) is 10.9. The van der Waals surface area contributed by atoms with Gasteiger partial charge in [0.2, 0.25) is 0 Å². The number of amides is 1. The number of primary amides is 1. The molecule has 0 aliphatic rings. The minimum atomic E-state index is -0.675. The van der Waals surface area contributed by atoms with E-state index in [2.05, 4.69) is 16.2 Å². The number of aryl methyl sites for hydroxylation is 1. The van der Waals surface area contributed by atoms with Crippen LogP contribution in [0.1, 0.15) is 5.56 Å². The Labute approximate surface area is 130 Å². The number of carbonyl (C=O) groups is 1. The molecule has 21 heavy (non-hydrogen) atoms. The van der Waals surface area contributed by atoms with Crippen LogP contribution in [0.3, 0.4) is 0 Å². The lowest BCUT2D eigenvalue weighted by molar-refractivity contribution is 0.251. The van der Waals surface area contributed by atoms with Crippen LogP contribution in [0.5, 0.6) is 0 Å². The molecule has 3 aromatic rings. The highest BCUT2D eigenvalue weighted by Gasteiger charge is 2.21. The molecule has 0 aliphatic heterocycles. The van der Waals surface area contributed by atoms with E-state index in [-0.39, 0.29) is 5.82 Å². The quantitative estimate of drug-likeness (QED) is 0.746. The first-order valence-corrected chi connectivity index (χ1v) is 6.76. The fourth-order valence-electron chi connectivity index (χ4n) is 2.21. The molecule has 0 aliphatic carbocycles. The Balaban J connectivity index is 2.46. The summed E-state index contributed by atoms with van der Waals surface area (Å²) in [5.41, 5.74) is 7.67. The van der Waals surface area contributed by atoms with E-state index in [1.54, 1.807) is 24.4 Å². The molecule has 0 unspecified atom stereocenters. The number of pyridine rings is 1. The maximum Gasteiger partial charge on any atom is 0.325 e. The lowest BCUT2D eigenvalue weighted by Crippen LogP contribution is -2.20. The van der Waals surface area contributed by atoms with Gasteiger partial charge in [-0.25, -0.2) is 14.3 Å². The molecule has 105 valence electrons. The largest absolute Gasteiger partial charge is 0.351 e. The molecule has 1 radical (unpaired) electrons. The number of fused-ring (bicyclic) bond motifs is 1. The van der Waals surface area contributed by atoms with Gasteiger partial charge >= 0.3 is 6.03 Å². The molecule has 0 bridgehead atoms. The van der Waals surface area contributed by atoms with Crippen molar-refractivity contribution in [1.82, 2.24) is 14.5 Å². The highest BCUT2D eigenvalue weighted by atomic mass is 35.5. The van der Waals surface area contributed by atoms with Gasteiger partial charge in [0.1, 0.15) is 11.7 Å². The molecule has 3 rings (SSSR count). The molecule has 2 N–H and O–H groups in total. The summed E-state index contributed by atoms with van der Waals surface area (Å²) < 4.78 is 1.27. The number of nitrogens with zero attached hydrogens (tertiary/aromatic N) is 3. The second-order valence-electron chi connectivity index (χ2n) is 4.46. The van der Waals surface area contributed by atoms with Crippen molar-refractivity contribution in [3.8, 4) is 11.4 Å². The number of hydrogen-bond acceptors (Lipinski definition) is 3. The Hall–Kier alpha value is -2.11. The average Bonchev–Trinajstić information content (AvgIpc) is 2.79. The minimum Gasteiger partial charge on any atom is -0.351 e. The fraction of sp³-hybridized carbons (Fsp3) is 0.0714. The van der Waals surface area contributed by atoms with Crippen molar-refractivity contribution in [2.45, 2.75) is 6.92 Å². The number of imidazole rings is 1. The van der Waals surface area contributed by atoms with Gasteiger partial charge in [-0.2, -0.15) is 0 Å². The SMILES string of the molecule is Cc1cn[c]c2nc(-c3c(Cl)cccc3Cl)n(C(N)=O)c12. The first kappa shape index (κ1) is 13.9. The monoisotopic (exact) mass is 319 g/mol. The highest BCUT2D eigenvalue weighted by Crippen LogP contribution is 2.35. The molecule has 0 saturated carbocycles. The van der Waals surface area contributed by atoms with Crippen LogP contribution in [0.25, 0.3) is 22.4 Å². The third-order valence-electron chi connectivity index (χ3n) is 3.09. The molecule has 0 spiro atoms. The number of hydrogen-bond donors (Lipinski definition) is 1. The van der Waals surface area contributed by atoms with Crippen molar-refractivity contribution in [1.29, 1.82) is 0 Å². The van der Waals surface area contributed by atoms with E-state index in [4.69, 9.17) is 28.9 Å². The third kappa shape index (κ3) is 2.14. The van der Waals surface area contributed by atoms with Gasteiger partial charge in [-0.15, -0.1) is 0 Å². The van der Waals surface area contributed by atoms with Crippen molar-refractivity contribution >= 4 is 40.3 Å². The van der Waals surface area contributed by atoms with Gasteiger partial charge in [0.25, 0.3) is 0 Å². The first-order valence-electron chi connectivity index (χ1n) is 6.00. The van der Waals surface area contributed by atoms with Crippen molar-refractivity contribution in [3.63, 3.8) is 0 Å². The van der Waals surface area contributed by atoms with E-state index >= 15 is 0 Å². The summed E-state index contributed by atoms with van der Waals surface area (Å²) in [7, 11) is 0. The topological polar surface area (TPSA) is 73.8 Å². The van der Waals surface area contributed by atoms with Crippen LogP contribution in [0, 0.1) is 13.1 Å². The lowest BCUT2D eigenvalue weighted by Gasteiger charge is -2.08. The molecule has 1 aromatic carbocycles. The maximum absolute atomic E-state index is 11.9. The van der Waals surface area contributed by atoms with Crippen molar-refractivity contribution < 1.29 is 4.79 Å². The summed E-state index contributed by atoms with van der Waals surface area (Å²) in [5, 5.41) is 0.761. The number of benzene rings is 1. The zero-order valence-corrected chi connectivity index (χ0v) is 12.4. The van der Waals surface area contributed by atoms with Crippen LogP contribution in [0.2, 0.25) is 10.0 Å². The number of nitrogens with two attached hydrogens (primary N) is 1. The summed E-state index contributed by atoms with van der Waals surface area (Å²) in [6.07, 6.45) is 4.32. The molecule has 2 aromatic heterocycles. The van der Waals surface area contributed by atoms with Gasteiger partial charge in [-0.05, 0) is 24.6 Å². The Morgan fingerprint density at radius 2 is 2.00 bits per heavy atom. The summed E-state index contributed by atoms with van der Waals surface area (Å²) in [5.74, 6) is 0.278. The number of halogens is 2. The van der Waals surface area contributed by atoms with Crippen LogP contribution >= 0.6 is 23.2 Å². The number of rotatable bonds is 1. The van der Waals surface area contributed by atoms with E-state index in [9.17, 15) is 4.79 Å². The van der Waals surface area contributed by atoms with Crippen molar-refractivity contribution in [3.05, 3.63) is 46.2 Å². The van der Waals surface area contributed by atoms with E-state index in [0.29, 0.717) is 26.6 Å². The zero-order chi connectivity index (χ0) is 15.1. The molecule has 0 saturated heterocycles. The average molecular weight is 320 g/mol. The predicted octanol–water partition coefficient (Wildman–Crippen LogP) is 3.44. The molecule has 1 amide bonds. The van der Waals surface area contributed by atoms with E-state index < -0.39 is 6.03 Å². The molecular formula is C14H9Cl2N4O. The van der Waals surface area contributed by atoms with Crippen LogP contribution < -0.4 is 5.73 Å². The molecule has 7 heteroatoms. The first-order chi connectivity index (χ1) is 10.0. The molecular weight excluding hydrogens is 311 g/mol. The van der Waals surface area contributed by atoms with Gasteiger partial charge < -0.3 is 5.73 Å². The second kappa shape index (κ2) is 5.02. The standard InChI is InChI=1S/C14H9Cl2N4O/c1-7-5-18-6-10-12(7)20(14(17)21)13(19-10)11-8(15)3-2-4-9(11)16/h2-5H,1H3,(H2,17,21). The molecule has 0 atom stereocenters. The summed E-state index contributed by atoms with van der Waals surface area (Å²) >= 11 is 12.4. The summed E-state index contributed by atoms with van der Waals surface area (Å²) in [6, 6.07) is 4.38. The predicted molar refractivity (Wildman–Crippen MR) is 81.5 cm³/mol. The van der Waals surface area contributed by atoms with Gasteiger partial charge in [-0.1, -0.05) is 29.3 Å². The van der Waals surface area contributed by atoms with Gasteiger partial charge in [-0.3, -0.25) is 4.98 Å². The molecule has 2 heterocycles. The van der Waals surface area contributed by atoms with E-state index in [1.165, 1.54) is 4.57 Å². The maximum atomic E-state index is 11.9. The fourth-order valence-corrected chi connectivity index (χ4v) is 2.77. The van der Waals surface area contributed by atoms with Crippen LogP contribution in [-0.4, -0.2) is 20.6 Å². The normalized spacial score (nSPS) is 11.0. The van der Waals surface area contributed by atoms with Gasteiger partial charge in [0, 0.05) is 6.20 Å². The van der Waals surface area contributed by atoms with E-state index in [1.807, 2.05) is 6.92 Å². The van der Waals surface area contributed by atoms with Crippen LogP contribution in [0.4, 0.5) is 4.79 Å². The summed E-state index contributed by atoms with van der Waals surface area (Å²) in [6.45, 7) is 1.81. The second-order valence-corrected chi connectivity index (χ2v) is 5.27. The molecule has 0 fully saturated rings. The van der Waals surface area contributed by atoms with Gasteiger partial charge in [0.05, 0.1) is 21.1 Å². The van der Waals surface area contributed by atoms with Gasteiger partial charge in [0.15, 0.2) is 5.82 Å². The lowest BCUT2D eigenvalue weighted by atomic mass is 10.2. The molecule has 5 nitrogen and oxygen atoms in total. The van der Waals surface area contributed by atoms with Crippen molar-refractivity contribution in [2.24, 2.45) is 5.73 Å². The highest BCUT2D eigenvalue weighted by molar-refractivity contribution is 6.39. The van der Waals surface area contributed by atoms with Crippen molar-refractivity contribution in [2.75, 3.05) is 0 Å². The Morgan fingerprint density at radius 1 is 1.33 bits per heavy atom. The Morgan fingerprint density at radius 3 is 2.62 bits per heavy atom. The summed E-state index contributed by atoms with van der Waals surface area (Å²) in [4.78, 5) is 20.2. The van der Waals surface area contributed by atoms with E-state index in [0.717, 1.165) is 5.56 Å². The number of aromatic nitrogens is 3. The number of carbonyl (C=O) groups excluding carboxylic acids is 1. The Kier molecular flexibility index (Phi) is 3.31. The van der Waals surface area contributed by atoms with Crippen LogP contribution in [-0.2, 0) is 0 Å². The van der Waals surface area contributed by atoms with Crippen LogP contribution in [0.15, 0.2) is 24.4 Å². The Bertz CT molecular complexity index is 853.